The molecule has 1 aliphatic rings. The fourth-order valence-corrected chi connectivity index (χ4v) is 2.41. The van der Waals surface area contributed by atoms with Crippen LogP contribution in [0, 0.1) is 0 Å². The third-order valence-corrected chi connectivity index (χ3v) is 3.34. The summed E-state index contributed by atoms with van der Waals surface area (Å²) in [6.45, 7) is 2.09. The Hall–Kier alpha value is -0.510. The zero-order chi connectivity index (χ0) is 9.80. The fraction of sp³-hybridized carbons (Fsp3) is 0.800. The van der Waals surface area contributed by atoms with Gasteiger partial charge < -0.3 is 4.42 Å². The first-order chi connectivity index (χ1) is 6.90. The van der Waals surface area contributed by atoms with Crippen LogP contribution in [-0.2, 0) is 0 Å². The van der Waals surface area contributed by atoms with Gasteiger partial charge in [0, 0.05) is 5.92 Å². The van der Waals surface area contributed by atoms with Crippen molar-refractivity contribution < 1.29 is 4.42 Å². The molecule has 1 aromatic heterocycles. The molecule has 0 amide bonds. The standard InChI is InChI=1S/C10H16N2OS/c1-2-14-10-12-11-9(13-10)8-6-4-3-5-7-8/h8H,2-7H2,1H3. The number of aromatic nitrogens is 2. The molecule has 3 nitrogen and oxygen atoms in total. The molecular formula is C10H16N2OS. The van der Waals surface area contributed by atoms with Gasteiger partial charge in [0.25, 0.3) is 5.22 Å². The zero-order valence-corrected chi connectivity index (χ0v) is 9.35. The van der Waals surface area contributed by atoms with Gasteiger partial charge in [0.1, 0.15) is 0 Å². The van der Waals surface area contributed by atoms with Crippen molar-refractivity contribution in [2.24, 2.45) is 0 Å². The van der Waals surface area contributed by atoms with Crippen molar-refractivity contribution in [1.29, 1.82) is 0 Å². The molecule has 1 fully saturated rings. The quantitative estimate of drug-likeness (QED) is 0.721. The fourth-order valence-electron chi connectivity index (χ4n) is 1.92. The Morgan fingerprint density at radius 2 is 2.07 bits per heavy atom. The molecule has 0 radical (unpaired) electrons. The molecular weight excluding hydrogens is 196 g/mol. The topological polar surface area (TPSA) is 38.9 Å². The molecule has 0 aliphatic heterocycles. The molecule has 0 saturated heterocycles. The highest BCUT2D eigenvalue weighted by Crippen LogP contribution is 2.32. The van der Waals surface area contributed by atoms with Gasteiger partial charge in [-0.3, -0.25) is 0 Å². The van der Waals surface area contributed by atoms with Crippen LogP contribution in [0.15, 0.2) is 9.64 Å². The van der Waals surface area contributed by atoms with E-state index in [9.17, 15) is 0 Å². The van der Waals surface area contributed by atoms with Crippen molar-refractivity contribution in [3.05, 3.63) is 5.89 Å². The number of hydrogen-bond acceptors (Lipinski definition) is 4. The summed E-state index contributed by atoms with van der Waals surface area (Å²) in [5.74, 6) is 2.38. The molecule has 0 atom stereocenters. The maximum Gasteiger partial charge on any atom is 0.276 e. The van der Waals surface area contributed by atoms with Crippen LogP contribution in [-0.4, -0.2) is 16.0 Å². The van der Waals surface area contributed by atoms with Crippen molar-refractivity contribution >= 4 is 11.8 Å². The first-order valence-corrected chi connectivity index (χ1v) is 6.35. The Balaban J connectivity index is 2.00. The van der Waals surface area contributed by atoms with Crippen LogP contribution in [0.4, 0.5) is 0 Å². The lowest BCUT2D eigenvalue weighted by atomic mass is 9.89. The van der Waals surface area contributed by atoms with E-state index in [1.165, 1.54) is 32.1 Å². The van der Waals surface area contributed by atoms with Gasteiger partial charge in [0.2, 0.25) is 5.89 Å². The van der Waals surface area contributed by atoms with Gasteiger partial charge in [0.05, 0.1) is 0 Å². The molecule has 4 heteroatoms. The van der Waals surface area contributed by atoms with Crippen molar-refractivity contribution in [2.45, 2.75) is 50.2 Å². The highest BCUT2D eigenvalue weighted by molar-refractivity contribution is 7.99. The Kier molecular flexibility index (Phi) is 3.45. The van der Waals surface area contributed by atoms with Crippen LogP contribution in [0.2, 0.25) is 0 Å². The van der Waals surface area contributed by atoms with Crippen LogP contribution in [0.3, 0.4) is 0 Å². The molecule has 2 rings (SSSR count). The lowest BCUT2D eigenvalue weighted by Gasteiger charge is -2.17. The van der Waals surface area contributed by atoms with E-state index >= 15 is 0 Å². The van der Waals surface area contributed by atoms with Crippen LogP contribution in [0.25, 0.3) is 0 Å². The van der Waals surface area contributed by atoms with Gasteiger partial charge >= 0.3 is 0 Å². The Morgan fingerprint density at radius 3 is 2.79 bits per heavy atom. The van der Waals surface area contributed by atoms with Crippen LogP contribution < -0.4 is 0 Å². The predicted molar refractivity (Wildman–Crippen MR) is 56.5 cm³/mol. The largest absolute Gasteiger partial charge is 0.416 e. The molecule has 0 aromatic carbocycles. The minimum Gasteiger partial charge on any atom is -0.416 e. The zero-order valence-electron chi connectivity index (χ0n) is 8.53. The first-order valence-electron chi connectivity index (χ1n) is 5.36. The monoisotopic (exact) mass is 212 g/mol. The molecule has 1 aromatic rings. The van der Waals surface area contributed by atoms with Crippen LogP contribution in [0.5, 0.6) is 0 Å². The van der Waals surface area contributed by atoms with Gasteiger partial charge in [-0.15, -0.1) is 10.2 Å². The van der Waals surface area contributed by atoms with E-state index in [0.29, 0.717) is 5.92 Å². The van der Waals surface area contributed by atoms with E-state index in [0.717, 1.165) is 16.9 Å². The number of thioether (sulfide) groups is 1. The number of nitrogens with zero attached hydrogens (tertiary/aromatic N) is 2. The molecule has 0 bridgehead atoms. The average molecular weight is 212 g/mol. The second kappa shape index (κ2) is 4.82. The third kappa shape index (κ3) is 2.29. The minimum absolute atomic E-state index is 0.530. The van der Waals surface area contributed by atoms with Gasteiger partial charge in [0.15, 0.2) is 0 Å². The molecule has 0 N–H and O–H groups in total. The Morgan fingerprint density at radius 1 is 1.29 bits per heavy atom. The average Bonchev–Trinajstić information content (AvgIpc) is 2.68. The highest BCUT2D eigenvalue weighted by Gasteiger charge is 2.20. The molecule has 0 unspecified atom stereocenters. The predicted octanol–water partition coefficient (Wildman–Crippen LogP) is 3.23. The second-order valence-corrected chi connectivity index (χ2v) is 4.89. The van der Waals surface area contributed by atoms with Crippen LogP contribution in [0.1, 0.15) is 50.8 Å². The second-order valence-electron chi connectivity index (χ2n) is 3.67. The molecule has 1 saturated carbocycles. The summed E-state index contributed by atoms with van der Waals surface area (Å²) in [6, 6.07) is 0. The molecule has 1 heterocycles. The smallest absolute Gasteiger partial charge is 0.276 e. The van der Waals surface area contributed by atoms with E-state index < -0.39 is 0 Å². The van der Waals surface area contributed by atoms with Crippen molar-refractivity contribution in [1.82, 2.24) is 10.2 Å². The Labute approximate surface area is 88.7 Å². The van der Waals surface area contributed by atoms with E-state index in [-0.39, 0.29) is 0 Å². The summed E-state index contributed by atoms with van der Waals surface area (Å²) in [7, 11) is 0. The normalized spacial score (nSPS) is 18.6. The van der Waals surface area contributed by atoms with Crippen molar-refractivity contribution in [3.63, 3.8) is 0 Å². The SMILES string of the molecule is CCSc1nnc(C2CCCCC2)o1. The van der Waals surface area contributed by atoms with E-state index in [4.69, 9.17) is 4.42 Å². The number of rotatable bonds is 3. The first kappa shape index (κ1) is 10.0. The lowest BCUT2D eigenvalue weighted by Crippen LogP contribution is -2.04. The number of hydrogen-bond donors (Lipinski definition) is 0. The maximum absolute atomic E-state index is 5.60. The summed E-state index contributed by atoms with van der Waals surface area (Å²) in [5, 5.41) is 8.88. The van der Waals surface area contributed by atoms with Gasteiger partial charge in [-0.05, 0) is 18.6 Å². The van der Waals surface area contributed by atoms with Gasteiger partial charge in [-0.1, -0.05) is 37.9 Å². The summed E-state index contributed by atoms with van der Waals surface area (Å²) in [4.78, 5) is 0. The van der Waals surface area contributed by atoms with Crippen molar-refractivity contribution in [3.8, 4) is 0 Å². The Bertz CT molecular complexity index is 281. The van der Waals surface area contributed by atoms with Gasteiger partial charge in [-0.25, -0.2) is 0 Å². The molecule has 0 spiro atoms. The summed E-state index contributed by atoms with van der Waals surface area (Å²) in [6.07, 6.45) is 6.42. The summed E-state index contributed by atoms with van der Waals surface area (Å²) < 4.78 is 5.60. The molecule has 1 aliphatic carbocycles. The third-order valence-electron chi connectivity index (χ3n) is 2.64. The van der Waals surface area contributed by atoms with Crippen LogP contribution >= 0.6 is 11.8 Å². The molecule has 14 heavy (non-hydrogen) atoms. The van der Waals surface area contributed by atoms with Gasteiger partial charge in [-0.2, -0.15) is 0 Å². The maximum atomic E-state index is 5.60. The van der Waals surface area contributed by atoms with E-state index in [1.54, 1.807) is 11.8 Å². The summed E-state index contributed by atoms with van der Waals surface area (Å²) >= 11 is 1.62. The highest BCUT2D eigenvalue weighted by atomic mass is 32.2. The lowest BCUT2D eigenvalue weighted by molar-refractivity contribution is 0.334. The van der Waals surface area contributed by atoms with E-state index in [2.05, 4.69) is 17.1 Å². The molecule has 78 valence electrons. The van der Waals surface area contributed by atoms with E-state index in [1.807, 2.05) is 0 Å². The minimum atomic E-state index is 0.530. The van der Waals surface area contributed by atoms with Crippen molar-refractivity contribution in [2.75, 3.05) is 5.75 Å². The summed E-state index contributed by atoms with van der Waals surface area (Å²) in [5.41, 5.74) is 0.